The highest BCUT2D eigenvalue weighted by Gasteiger charge is 2.36. The minimum absolute atomic E-state index is 0.0344. The van der Waals surface area contributed by atoms with Gasteiger partial charge in [0.05, 0.1) is 5.56 Å². The van der Waals surface area contributed by atoms with Crippen LogP contribution in [0.25, 0.3) is 0 Å². The zero-order valence-corrected chi connectivity index (χ0v) is 8.80. The topological polar surface area (TPSA) is 26.0 Å². The van der Waals surface area contributed by atoms with Gasteiger partial charge in [0.25, 0.3) is 0 Å². The van der Waals surface area contributed by atoms with Gasteiger partial charge in [-0.15, -0.1) is 0 Å². The van der Waals surface area contributed by atoms with Crippen LogP contribution in [0.2, 0.25) is 0 Å². The molecule has 1 nitrogen and oxygen atoms in total. The summed E-state index contributed by atoms with van der Waals surface area (Å²) in [4.78, 5) is 0. The molecule has 2 unspecified atom stereocenters. The van der Waals surface area contributed by atoms with E-state index < -0.39 is 11.7 Å². The molecule has 1 aromatic carbocycles. The molecule has 2 atom stereocenters. The minimum Gasteiger partial charge on any atom is -0.328 e. The van der Waals surface area contributed by atoms with Gasteiger partial charge in [-0.2, -0.15) is 13.2 Å². The van der Waals surface area contributed by atoms with E-state index in [9.17, 15) is 13.2 Å². The van der Waals surface area contributed by atoms with Crippen LogP contribution in [-0.2, 0) is 6.18 Å². The number of alkyl halides is 3. The van der Waals surface area contributed by atoms with E-state index in [1.807, 2.05) is 0 Å². The first-order valence-corrected chi connectivity index (χ1v) is 5.40. The molecule has 0 spiro atoms. The Kier molecular flexibility index (Phi) is 2.93. The molecule has 4 heteroatoms. The third-order valence-electron chi connectivity index (χ3n) is 3.18. The fourth-order valence-corrected chi connectivity index (χ4v) is 2.41. The Morgan fingerprint density at radius 1 is 1.12 bits per heavy atom. The number of benzene rings is 1. The molecule has 1 fully saturated rings. The molecule has 0 bridgehead atoms. The Morgan fingerprint density at radius 2 is 1.81 bits per heavy atom. The van der Waals surface area contributed by atoms with Crippen LogP contribution in [0.4, 0.5) is 13.2 Å². The van der Waals surface area contributed by atoms with E-state index in [0.717, 1.165) is 18.9 Å². The second kappa shape index (κ2) is 4.09. The highest BCUT2D eigenvalue weighted by atomic mass is 19.4. The molecule has 2 N–H and O–H groups in total. The zero-order valence-electron chi connectivity index (χ0n) is 8.80. The lowest BCUT2D eigenvalue weighted by Gasteiger charge is -2.17. The molecule has 1 aliphatic rings. The molecule has 16 heavy (non-hydrogen) atoms. The van der Waals surface area contributed by atoms with Gasteiger partial charge in [0.2, 0.25) is 0 Å². The molecular weight excluding hydrogens is 215 g/mol. The van der Waals surface area contributed by atoms with E-state index in [2.05, 4.69) is 0 Å². The first-order chi connectivity index (χ1) is 7.48. The minimum atomic E-state index is -4.26. The Morgan fingerprint density at radius 3 is 2.38 bits per heavy atom. The number of halogens is 3. The van der Waals surface area contributed by atoms with Crippen molar-refractivity contribution in [1.29, 1.82) is 0 Å². The average Bonchev–Trinajstić information content (AvgIpc) is 2.64. The van der Waals surface area contributed by atoms with Gasteiger partial charge in [0.1, 0.15) is 0 Å². The highest BCUT2D eigenvalue weighted by Crippen LogP contribution is 2.40. The van der Waals surface area contributed by atoms with Crippen molar-refractivity contribution in [3.05, 3.63) is 35.4 Å². The molecule has 88 valence electrons. The summed E-state index contributed by atoms with van der Waals surface area (Å²) in [6, 6.07) is 5.87. The van der Waals surface area contributed by atoms with Crippen molar-refractivity contribution in [2.45, 2.75) is 37.4 Å². The second-order valence-electron chi connectivity index (χ2n) is 4.36. The molecule has 0 amide bonds. The summed E-state index contributed by atoms with van der Waals surface area (Å²) in [5.74, 6) is -0.0344. The second-order valence-corrected chi connectivity index (χ2v) is 4.36. The van der Waals surface area contributed by atoms with E-state index in [1.54, 1.807) is 12.1 Å². The quantitative estimate of drug-likeness (QED) is 0.785. The molecule has 1 saturated carbocycles. The summed E-state index contributed by atoms with van der Waals surface area (Å²) >= 11 is 0. The van der Waals surface area contributed by atoms with Crippen molar-refractivity contribution in [2.75, 3.05) is 0 Å². The zero-order chi connectivity index (χ0) is 11.8. The number of nitrogens with two attached hydrogens (primary N) is 1. The van der Waals surface area contributed by atoms with E-state index >= 15 is 0 Å². The van der Waals surface area contributed by atoms with E-state index in [1.165, 1.54) is 6.07 Å². The monoisotopic (exact) mass is 229 g/mol. The lowest BCUT2D eigenvalue weighted by Crippen LogP contribution is -2.15. The summed E-state index contributed by atoms with van der Waals surface area (Å²) in [5.41, 5.74) is 5.64. The first kappa shape index (κ1) is 11.5. The number of rotatable bonds is 1. The van der Waals surface area contributed by atoms with Crippen LogP contribution >= 0.6 is 0 Å². The van der Waals surface area contributed by atoms with Crippen LogP contribution in [-0.4, -0.2) is 6.04 Å². The summed E-state index contributed by atoms with van der Waals surface area (Å²) in [7, 11) is 0. The molecule has 1 aromatic rings. The van der Waals surface area contributed by atoms with Gasteiger partial charge < -0.3 is 5.73 Å². The fourth-order valence-electron chi connectivity index (χ4n) is 2.41. The van der Waals surface area contributed by atoms with Gasteiger partial charge in [-0.3, -0.25) is 0 Å². The molecule has 1 aliphatic carbocycles. The van der Waals surface area contributed by atoms with E-state index in [-0.39, 0.29) is 12.0 Å². The molecule has 0 radical (unpaired) electrons. The van der Waals surface area contributed by atoms with Gasteiger partial charge in [0, 0.05) is 6.04 Å². The molecule has 0 aromatic heterocycles. The maximum Gasteiger partial charge on any atom is 0.416 e. The van der Waals surface area contributed by atoms with Crippen molar-refractivity contribution in [2.24, 2.45) is 5.73 Å². The van der Waals surface area contributed by atoms with Crippen LogP contribution in [0, 0.1) is 0 Å². The summed E-state index contributed by atoms with van der Waals surface area (Å²) in [6.07, 6.45) is -2.03. The normalized spacial score (nSPS) is 26.0. The summed E-state index contributed by atoms with van der Waals surface area (Å²) < 4.78 is 38.3. The third-order valence-corrected chi connectivity index (χ3v) is 3.18. The first-order valence-electron chi connectivity index (χ1n) is 5.40. The fraction of sp³-hybridized carbons (Fsp3) is 0.500. The van der Waals surface area contributed by atoms with Gasteiger partial charge >= 0.3 is 6.18 Å². The molecule has 0 heterocycles. The smallest absolute Gasteiger partial charge is 0.328 e. The van der Waals surface area contributed by atoms with E-state index in [0.29, 0.717) is 12.0 Å². The summed E-state index contributed by atoms with van der Waals surface area (Å²) in [6.45, 7) is 0. The molecular formula is C12H14F3N. The third kappa shape index (κ3) is 2.21. The van der Waals surface area contributed by atoms with Crippen molar-refractivity contribution < 1.29 is 13.2 Å². The largest absolute Gasteiger partial charge is 0.416 e. The van der Waals surface area contributed by atoms with Gasteiger partial charge in [-0.05, 0) is 36.8 Å². The van der Waals surface area contributed by atoms with Crippen molar-refractivity contribution in [3.63, 3.8) is 0 Å². The van der Waals surface area contributed by atoms with Crippen molar-refractivity contribution in [3.8, 4) is 0 Å². The average molecular weight is 229 g/mol. The Balaban J connectivity index is 2.34. The lowest BCUT2D eigenvalue weighted by atomic mass is 9.92. The standard InChI is InChI=1S/C12H14F3N/c13-12(14,15)11-4-2-1-3-10(11)8-5-6-9(16)7-8/h1-4,8-9H,5-7,16H2. The van der Waals surface area contributed by atoms with Crippen LogP contribution in [0.15, 0.2) is 24.3 Å². The molecule has 0 aliphatic heterocycles. The van der Waals surface area contributed by atoms with Crippen LogP contribution in [0.5, 0.6) is 0 Å². The predicted octanol–water partition coefficient (Wildman–Crippen LogP) is 3.30. The highest BCUT2D eigenvalue weighted by molar-refractivity contribution is 5.33. The summed E-state index contributed by atoms with van der Waals surface area (Å²) in [5, 5.41) is 0. The van der Waals surface area contributed by atoms with Gasteiger partial charge in [-0.1, -0.05) is 18.2 Å². The Labute approximate surface area is 92.5 Å². The number of hydrogen-bond acceptors (Lipinski definition) is 1. The molecule has 2 rings (SSSR count). The van der Waals surface area contributed by atoms with Gasteiger partial charge in [-0.25, -0.2) is 0 Å². The Hall–Kier alpha value is -1.03. The van der Waals surface area contributed by atoms with Crippen molar-refractivity contribution in [1.82, 2.24) is 0 Å². The number of hydrogen-bond donors (Lipinski definition) is 1. The van der Waals surface area contributed by atoms with E-state index in [4.69, 9.17) is 5.73 Å². The van der Waals surface area contributed by atoms with Crippen LogP contribution < -0.4 is 5.73 Å². The predicted molar refractivity (Wildman–Crippen MR) is 56.0 cm³/mol. The Bertz CT molecular complexity index is 373. The van der Waals surface area contributed by atoms with Gasteiger partial charge in [0.15, 0.2) is 0 Å². The molecule has 0 saturated heterocycles. The van der Waals surface area contributed by atoms with Crippen molar-refractivity contribution >= 4 is 0 Å². The van der Waals surface area contributed by atoms with Crippen LogP contribution in [0.1, 0.15) is 36.3 Å². The van der Waals surface area contributed by atoms with Crippen LogP contribution in [0.3, 0.4) is 0 Å². The SMILES string of the molecule is NC1CCC(c2ccccc2C(F)(F)F)C1. The maximum absolute atomic E-state index is 12.8. The lowest BCUT2D eigenvalue weighted by molar-refractivity contribution is -0.138. The maximum atomic E-state index is 12.8.